The second-order valence-corrected chi connectivity index (χ2v) is 9.03. The van der Waals surface area contributed by atoms with E-state index in [9.17, 15) is 4.79 Å². The van der Waals surface area contributed by atoms with E-state index >= 15 is 0 Å². The lowest BCUT2D eigenvalue weighted by Gasteiger charge is -2.41. The van der Waals surface area contributed by atoms with Crippen molar-refractivity contribution in [2.75, 3.05) is 24.6 Å². The fourth-order valence-corrected chi connectivity index (χ4v) is 4.17. The Labute approximate surface area is 183 Å². The van der Waals surface area contributed by atoms with E-state index in [-0.39, 0.29) is 11.7 Å². The van der Waals surface area contributed by atoms with Gasteiger partial charge in [0.05, 0.1) is 18.4 Å². The lowest BCUT2D eigenvalue weighted by molar-refractivity contribution is 0.0975. The van der Waals surface area contributed by atoms with Gasteiger partial charge in [0.15, 0.2) is 5.78 Å². The monoisotopic (exact) mass is 415 g/mol. The molecule has 2 heterocycles. The van der Waals surface area contributed by atoms with Crippen LogP contribution in [-0.2, 0) is 0 Å². The van der Waals surface area contributed by atoms with Crippen LogP contribution in [0.2, 0.25) is 0 Å². The number of ether oxygens (including phenoxy) is 1. The van der Waals surface area contributed by atoms with Crippen LogP contribution in [0.5, 0.6) is 5.75 Å². The Bertz CT molecular complexity index is 1000. The quantitative estimate of drug-likeness (QED) is 0.489. The van der Waals surface area contributed by atoms with Crippen molar-refractivity contribution < 1.29 is 9.53 Å². The molecular formula is C26H29N3O2. The normalized spacial score (nSPS) is 17.3. The first-order valence-electron chi connectivity index (χ1n) is 11.3. The van der Waals surface area contributed by atoms with Gasteiger partial charge in [0.25, 0.3) is 0 Å². The highest BCUT2D eigenvalue weighted by Crippen LogP contribution is 2.34. The number of anilines is 1. The van der Waals surface area contributed by atoms with E-state index in [0.717, 1.165) is 31.4 Å². The molecule has 5 rings (SSSR count). The maximum atomic E-state index is 12.3. The summed E-state index contributed by atoms with van der Waals surface area (Å²) >= 11 is 0. The first kappa shape index (κ1) is 19.9. The molecule has 1 N–H and O–H groups in total. The van der Waals surface area contributed by atoms with Gasteiger partial charge in [0.2, 0.25) is 0 Å². The predicted molar refractivity (Wildman–Crippen MR) is 122 cm³/mol. The van der Waals surface area contributed by atoms with Crippen LogP contribution in [0.15, 0.2) is 60.9 Å². The number of aromatic amines is 1. The zero-order valence-corrected chi connectivity index (χ0v) is 18.0. The number of carbonyl (C=O) groups excluding carboxylic acids is 1. The Kier molecular flexibility index (Phi) is 5.49. The minimum atomic E-state index is 0.129. The molecule has 1 saturated heterocycles. The third kappa shape index (κ3) is 4.66. The number of benzene rings is 2. The van der Waals surface area contributed by atoms with E-state index < -0.39 is 0 Å². The summed E-state index contributed by atoms with van der Waals surface area (Å²) in [6.07, 6.45) is 6.38. The van der Waals surface area contributed by atoms with Crippen LogP contribution in [0.3, 0.4) is 0 Å². The van der Waals surface area contributed by atoms with Crippen LogP contribution < -0.4 is 9.64 Å². The largest absolute Gasteiger partial charge is 0.493 e. The van der Waals surface area contributed by atoms with Crippen LogP contribution in [0.1, 0.15) is 59.5 Å². The molecule has 1 atom stereocenters. The van der Waals surface area contributed by atoms with Crippen molar-refractivity contribution in [3.05, 3.63) is 77.6 Å². The second kappa shape index (κ2) is 8.58. The summed E-state index contributed by atoms with van der Waals surface area (Å²) in [5.41, 5.74) is 4.50. The highest BCUT2D eigenvalue weighted by atomic mass is 16.5. The number of ketones is 1. The van der Waals surface area contributed by atoms with E-state index in [1.807, 2.05) is 0 Å². The van der Waals surface area contributed by atoms with E-state index in [0.29, 0.717) is 17.9 Å². The van der Waals surface area contributed by atoms with Crippen LogP contribution in [0, 0.1) is 5.92 Å². The molecule has 1 saturated carbocycles. The third-order valence-corrected chi connectivity index (χ3v) is 6.55. The summed E-state index contributed by atoms with van der Waals surface area (Å²) in [4.78, 5) is 14.7. The molecule has 1 aliphatic carbocycles. The minimum absolute atomic E-state index is 0.129. The molecule has 5 heteroatoms. The first-order chi connectivity index (χ1) is 15.2. The Hall–Kier alpha value is -3.08. The van der Waals surface area contributed by atoms with Gasteiger partial charge in [-0.15, -0.1) is 0 Å². The van der Waals surface area contributed by atoms with Crippen LogP contribution in [0.4, 0.5) is 5.69 Å². The van der Waals surface area contributed by atoms with Gasteiger partial charge in [-0.1, -0.05) is 31.2 Å². The van der Waals surface area contributed by atoms with E-state index in [1.54, 1.807) is 12.4 Å². The molecule has 0 unspecified atom stereocenters. The van der Waals surface area contributed by atoms with Crippen molar-refractivity contribution in [2.24, 2.45) is 5.92 Å². The minimum Gasteiger partial charge on any atom is -0.493 e. The van der Waals surface area contributed by atoms with E-state index in [1.165, 1.54) is 29.7 Å². The molecular weight excluding hydrogens is 386 g/mol. The molecule has 1 aromatic heterocycles. The van der Waals surface area contributed by atoms with Gasteiger partial charge in [0.1, 0.15) is 5.75 Å². The Balaban J connectivity index is 1.12. The van der Waals surface area contributed by atoms with Crippen LogP contribution in [0.25, 0.3) is 0 Å². The standard InChI is InChI=1S/C26H29N3O2/c1-18(12-26(30)22-13-27-28-14-22)20-4-6-21(7-5-20)23-15-29(16-23)24-8-10-25(11-9-24)31-17-19-2-3-19/h4-11,13-14,18-19,23H,2-3,12,15-17H2,1H3,(H,27,28)/t18-/m1/s1. The van der Waals surface area contributed by atoms with Crippen molar-refractivity contribution in [3.63, 3.8) is 0 Å². The molecule has 31 heavy (non-hydrogen) atoms. The maximum absolute atomic E-state index is 12.3. The van der Waals surface area contributed by atoms with Gasteiger partial charge < -0.3 is 9.64 Å². The average molecular weight is 416 g/mol. The number of nitrogens with one attached hydrogen (secondary N) is 1. The first-order valence-corrected chi connectivity index (χ1v) is 11.3. The number of carbonyl (C=O) groups is 1. The predicted octanol–water partition coefficient (Wildman–Crippen LogP) is 5.18. The number of Topliss-reactive ketones (excluding diaryl/α,β-unsaturated/α-hetero) is 1. The van der Waals surface area contributed by atoms with Gasteiger partial charge in [-0.2, -0.15) is 5.10 Å². The summed E-state index contributed by atoms with van der Waals surface area (Å²) < 4.78 is 5.84. The number of H-pyrrole nitrogens is 1. The highest BCUT2D eigenvalue weighted by Gasteiger charge is 2.28. The van der Waals surface area contributed by atoms with Crippen molar-refractivity contribution in [1.82, 2.24) is 10.2 Å². The average Bonchev–Trinajstić information content (AvgIpc) is 3.42. The zero-order valence-electron chi connectivity index (χ0n) is 18.0. The number of rotatable bonds is 9. The van der Waals surface area contributed by atoms with Crippen LogP contribution >= 0.6 is 0 Å². The Morgan fingerprint density at radius 1 is 1.13 bits per heavy atom. The Morgan fingerprint density at radius 2 is 1.87 bits per heavy atom. The van der Waals surface area contributed by atoms with E-state index in [4.69, 9.17) is 4.74 Å². The lowest BCUT2D eigenvalue weighted by atomic mass is 9.88. The number of hydrogen-bond donors (Lipinski definition) is 1. The van der Waals surface area contributed by atoms with Crippen LogP contribution in [-0.4, -0.2) is 35.7 Å². The van der Waals surface area contributed by atoms with Gasteiger partial charge in [-0.3, -0.25) is 9.89 Å². The summed E-state index contributed by atoms with van der Waals surface area (Å²) in [6, 6.07) is 17.3. The molecule has 0 amide bonds. The summed E-state index contributed by atoms with van der Waals surface area (Å²) in [5.74, 6) is 2.63. The molecule has 2 fully saturated rings. The molecule has 2 aliphatic rings. The molecule has 0 spiro atoms. The molecule has 5 nitrogen and oxygen atoms in total. The zero-order chi connectivity index (χ0) is 21.2. The Morgan fingerprint density at radius 3 is 2.52 bits per heavy atom. The second-order valence-electron chi connectivity index (χ2n) is 9.03. The third-order valence-electron chi connectivity index (χ3n) is 6.55. The number of aromatic nitrogens is 2. The fraction of sp³-hybridized carbons (Fsp3) is 0.385. The summed E-state index contributed by atoms with van der Waals surface area (Å²) in [5, 5.41) is 6.57. The van der Waals surface area contributed by atoms with Gasteiger partial charge in [-0.05, 0) is 60.1 Å². The summed E-state index contributed by atoms with van der Waals surface area (Å²) in [7, 11) is 0. The number of hydrogen-bond acceptors (Lipinski definition) is 4. The van der Waals surface area contributed by atoms with Gasteiger partial charge >= 0.3 is 0 Å². The van der Waals surface area contributed by atoms with E-state index in [2.05, 4.69) is 70.6 Å². The fourth-order valence-electron chi connectivity index (χ4n) is 4.17. The van der Waals surface area contributed by atoms with Crippen molar-refractivity contribution in [2.45, 2.75) is 38.0 Å². The molecule has 0 radical (unpaired) electrons. The molecule has 0 bridgehead atoms. The lowest BCUT2D eigenvalue weighted by Crippen LogP contribution is -2.45. The van der Waals surface area contributed by atoms with Gasteiger partial charge in [-0.25, -0.2) is 0 Å². The molecule has 2 aromatic carbocycles. The number of nitrogens with zero attached hydrogens (tertiary/aromatic N) is 2. The van der Waals surface area contributed by atoms with Crippen molar-refractivity contribution in [3.8, 4) is 5.75 Å². The van der Waals surface area contributed by atoms with Gasteiger partial charge in [0, 0.05) is 37.3 Å². The topological polar surface area (TPSA) is 58.2 Å². The van der Waals surface area contributed by atoms with Crippen molar-refractivity contribution in [1.29, 1.82) is 0 Å². The van der Waals surface area contributed by atoms with Crippen molar-refractivity contribution >= 4 is 11.5 Å². The smallest absolute Gasteiger partial charge is 0.166 e. The SMILES string of the molecule is C[C@H](CC(=O)c1cn[nH]c1)c1ccc(C2CN(c3ccc(OCC4CC4)cc3)C2)cc1. The maximum Gasteiger partial charge on any atom is 0.166 e. The highest BCUT2D eigenvalue weighted by molar-refractivity contribution is 5.96. The molecule has 1 aliphatic heterocycles. The summed E-state index contributed by atoms with van der Waals surface area (Å²) in [6.45, 7) is 5.04. The molecule has 160 valence electrons. The molecule has 3 aromatic rings.